The molecule has 64 heavy (non-hydrogen) atoms. The van der Waals surface area contributed by atoms with E-state index in [1.54, 1.807) is 17.0 Å². The molecule has 5 heterocycles. The van der Waals surface area contributed by atoms with E-state index in [1.807, 2.05) is 61.6 Å². The van der Waals surface area contributed by atoms with Crippen molar-refractivity contribution in [1.82, 2.24) is 19.2 Å². The van der Waals surface area contributed by atoms with Crippen LogP contribution >= 0.6 is 0 Å². The van der Waals surface area contributed by atoms with Gasteiger partial charge >= 0.3 is 6.09 Å². The van der Waals surface area contributed by atoms with Crippen LogP contribution in [0.1, 0.15) is 50.9 Å². The number of nitrogens with one attached hydrogen (secondary N) is 2. The second kappa shape index (κ2) is 19.8. The highest BCUT2D eigenvalue weighted by Gasteiger charge is 2.33. The Morgan fingerprint density at radius 1 is 0.984 bits per heavy atom. The largest absolute Gasteiger partial charge is 0.471 e. The number of rotatable bonds is 14. The molecule has 0 aliphatic carbocycles. The molecule has 4 aromatic rings. The maximum Gasteiger partial charge on any atom is 0.410 e. The van der Waals surface area contributed by atoms with Gasteiger partial charge in [-0.25, -0.2) is 17.9 Å². The molecule has 0 saturated carbocycles. The number of benzene rings is 2. The average Bonchev–Trinajstić information content (AvgIpc) is 3.63. The Morgan fingerprint density at radius 2 is 1.72 bits per heavy atom. The third-order valence-electron chi connectivity index (χ3n) is 11.3. The second-order valence-corrected chi connectivity index (χ2v) is 26.0. The number of pyridine rings is 1. The molecule has 2 fully saturated rings. The predicted molar refractivity (Wildman–Crippen MR) is 250 cm³/mol. The first-order valence-corrected chi connectivity index (χ1v) is 26.8. The fourth-order valence-corrected chi connectivity index (χ4v) is 9.51. The minimum atomic E-state index is -4.48. The van der Waals surface area contributed by atoms with Gasteiger partial charge in [0.1, 0.15) is 35.5 Å². The highest BCUT2D eigenvalue weighted by molar-refractivity contribution is 7.90. The molecule has 7 rings (SSSR count). The minimum Gasteiger partial charge on any atom is -0.471 e. The van der Waals surface area contributed by atoms with E-state index in [0.29, 0.717) is 100 Å². The lowest BCUT2D eigenvalue weighted by molar-refractivity contribution is 0.0240. The van der Waals surface area contributed by atoms with E-state index in [2.05, 4.69) is 39.8 Å². The Labute approximate surface area is 375 Å². The third kappa shape index (κ3) is 11.7. The van der Waals surface area contributed by atoms with Crippen molar-refractivity contribution in [1.29, 1.82) is 0 Å². The second-order valence-electron chi connectivity index (χ2n) is 18.7. The molecule has 4 N–H and O–H groups in total. The fraction of sp³-hybridized carbons (Fsp3) is 0.523. The molecule has 348 valence electrons. The summed E-state index contributed by atoms with van der Waals surface area (Å²) >= 11 is 0. The van der Waals surface area contributed by atoms with Gasteiger partial charge in [0.25, 0.3) is 15.9 Å². The number of amides is 2. The molecular weight excluding hydrogens is 861 g/mol. The Kier molecular flexibility index (Phi) is 14.9. The molecule has 3 aliphatic heterocycles. The van der Waals surface area contributed by atoms with Crippen molar-refractivity contribution in [3.63, 3.8) is 0 Å². The molecule has 20 heteroatoms. The molecule has 0 spiro atoms. The number of piperazine rings is 1. The van der Waals surface area contributed by atoms with Crippen LogP contribution in [0.5, 0.6) is 5.88 Å². The first-order valence-electron chi connectivity index (χ1n) is 21.6. The number of fused-ring (bicyclic) bond motifs is 2. The normalized spacial score (nSPS) is 17.3. The van der Waals surface area contributed by atoms with Gasteiger partial charge in [-0.2, -0.15) is 4.98 Å². The SMILES string of the molecule is C[C@@H]1CN(c2cc(N3CCN(C(=O)OC(C)(C)C)CC3)ccc2C(=O)NS(=O)(=O)c2ccc(NCC3CCOCC3)c(N=O)c2)c2cc3ccn(COCC[Si](C)(C)C)c3nc2O1.O. The number of aromatic nitrogens is 2. The third-order valence-corrected chi connectivity index (χ3v) is 14.3. The summed E-state index contributed by atoms with van der Waals surface area (Å²) in [6.45, 7) is 19.4. The number of hydrogen-bond acceptors (Lipinski definition) is 14. The lowest BCUT2D eigenvalue weighted by atomic mass is 10.0. The minimum absolute atomic E-state index is 0. The molecule has 2 saturated heterocycles. The van der Waals surface area contributed by atoms with Crippen LogP contribution < -0.4 is 24.6 Å². The number of sulfonamides is 1. The van der Waals surface area contributed by atoms with Crippen LogP contribution in [-0.4, -0.2) is 119 Å². The molecular formula is C44H62N8O10SSi. The lowest BCUT2D eigenvalue weighted by Gasteiger charge is -2.38. The van der Waals surface area contributed by atoms with Gasteiger partial charge in [-0.3, -0.25) is 4.79 Å². The van der Waals surface area contributed by atoms with Gasteiger partial charge < -0.3 is 49.0 Å². The molecule has 0 unspecified atom stereocenters. The number of carbonyl (C=O) groups is 2. The van der Waals surface area contributed by atoms with Gasteiger partial charge in [0.05, 0.1) is 28.4 Å². The summed E-state index contributed by atoms with van der Waals surface area (Å²) in [5.41, 5.74) is 2.28. The number of anilines is 4. The maximum absolute atomic E-state index is 14.4. The van der Waals surface area contributed by atoms with Gasteiger partial charge in [0, 0.05) is 77.9 Å². The van der Waals surface area contributed by atoms with Crippen LogP contribution in [0.3, 0.4) is 0 Å². The van der Waals surface area contributed by atoms with Crippen LogP contribution in [0, 0.1) is 10.8 Å². The standard InChI is InChI=1S/C44H60N8O9SSi.H2O/c1-30-28-52(39-24-32-12-15-51(40(32)46-42(39)60-30)29-59-22-23-63(5,6)7)38-25-33(49-16-18-50(19-17-49)43(54)61-44(2,3)4)8-10-35(38)41(53)48-62(56,57)34-9-11-36(37(26-34)47-55)45-27-31-13-20-58-21-14-31;/h8-12,15,24-26,30-31,45H,13-14,16-23,27-29H2,1-7H3,(H,48,53);1H2/t30-;/m1./s1. The number of nitroso groups, excluding NO2 is 1. The molecule has 1 atom stereocenters. The van der Waals surface area contributed by atoms with Crippen molar-refractivity contribution in [2.45, 2.75) is 89.6 Å². The first kappa shape index (κ1) is 48.2. The topological polar surface area (TPSA) is 218 Å². The molecule has 3 aliphatic rings. The van der Waals surface area contributed by atoms with E-state index in [-0.39, 0.29) is 33.8 Å². The van der Waals surface area contributed by atoms with E-state index >= 15 is 0 Å². The maximum atomic E-state index is 14.4. The monoisotopic (exact) mass is 922 g/mol. The van der Waals surface area contributed by atoms with E-state index in [0.717, 1.165) is 36.0 Å². The highest BCUT2D eigenvalue weighted by atomic mass is 32.2. The Morgan fingerprint density at radius 3 is 2.41 bits per heavy atom. The summed E-state index contributed by atoms with van der Waals surface area (Å²) in [4.78, 5) is 49.6. The van der Waals surface area contributed by atoms with Crippen molar-refractivity contribution in [3.8, 4) is 5.88 Å². The summed E-state index contributed by atoms with van der Waals surface area (Å²) in [7, 11) is -5.75. The fourth-order valence-electron chi connectivity index (χ4n) is 7.77. The summed E-state index contributed by atoms with van der Waals surface area (Å²) < 4.78 is 55.4. The molecule has 0 radical (unpaired) electrons. The average molecular weight is 923 g/mol. The summed E-state index contributed by atoms with van der Waals surface area (Å²) in [5.74, 6) is -0.167. The van der Waals surface area contributed by atoms with Gasteiger partial charge in [0.15, 0.2) is 0 Å². The molecule has 2 aromatic carbocycles. The summed E-state index contributed by atoms with van der Waals surface area (Å²) in [6, 6.07) is 14.2. The zero-order valence-electron chi connectivity index (χ0n) is 37.8. The predicted octanol–water partition coefficient (Wildman–Crippen LogP) is 6.86. The van der Waals surface area contributed by atoms with E-state index < -0.39 is 29.6 Å². The van der Waals surface area contributed by atoms with Gasteiger partial charge in [-0.05, 0) is 106 Å². The van der Waals surface area contributed by atoms with Crippen molar-refractivity contribution in [2.75, 3.05) is 74.2 Å². The van der Waals surface area contributed by atoms with Crippen LogP contribution in [0.4, 0.5) is 33.2 Å². The lowest BCUT2D eigenvalue weighted by Crippen LogP contribution is -2.50. The zero-order valence-corrected chi connectivity index (χ0v) is 39.6. The van der Waals surface area contributed by atoms with Crippen LogP contribution in [0.25, 0.3) is 11.0 Å². The number of carbonyl (C=O) groups excluding carboxylic acids is 2. The van der Waals surface area contributed by atoms with Crippen LogP contribution in [0.2, 0.25) is 25.7 Å². The summed E-state index contributed by atoms with van der Waals surface area (Å²) in [5, 5.41) is 7.16. The molecule has 0 bridgehead atoms. The zero-order chi connectivity index (χ0) is 45.1. The van der Waals surface area contributed by atoms with Crippen molar-refractivity contribution in [3.05, 3.63) is 65.2 Å². The Balaban J connectivity index is 0.00000680. The van der Waals surface area contributed by atoms with Gasteiger partial charge in [0.2, 0.25) is 5.88 Å². The van der Waals surface area contributed by atoms with Crippen LogP contribution in [-0.2, 0) is 31.0 Å². The molecule has 2 aromatic heterocycles. The van der Waals surface area contributed by atoms with E-state index in [9.17, 15) is 22.9 Å². The summed E-state index contributed by atoms with van der Waals surface area (Å²) in [6.07, 6.45) is 2.93. The Bertz CT molecular complexity index is 2420. The molecule has 18 nitrogen and oxygen atoms in total. The smallest absolute Gasteiger partial charge is 0.410 e. The highest BCUT2D eigenvalue weighted by Crippen LogP contribution is 2.42. The van der Waals surface area contributed by atoms with Gasteiger partial charge in [-0.15, -0.1) is 4.91 Å². The number of nitrogens with zero attached hydrogens (tertiary/aromatic N) is 6. The van der Waals surface area contributed by atoms with E-state index in [1.165, 1.54) is 12.1 Å². The quantitative estimate of drug-likeness (QED) is 0.0752. The Hall–Kier alpha value is -5.28. The molecule has 2 amide bonds. The van der Waals surface area contributed by atoms with Crippen molar-refractivity contribution < 1.29 is 42.4 Å². The first-order chi connectivity index (χ1) is 29.9. The van der Waals surface area contributed by atoms with Crippen molar-refractivity contribution in [2.24, 2.45) is 11.1 Å². The van der Waals surface area contributed by atoms with E-state index in [4.69, 9.17) is 23.9 Å². The van der Waals surface area contributed by atoms with Crippen LogP contribution in [0.15, 0.2) is 64.8 Å². The number of ether oxygens (including phenoxy) is 4. The number of hydrogen-bond donors (Lipinski definition) is 2. The van der Waals surface area contributed by atoms with Crippen molar-refractivity contribution >= 4 is 69.6 Å². The van der Waals surface area contributed by atoms with Gasteiger partial charge in [-0.1, -0.05) is 19.6 Å².